The van der Waals surface area contributed by atoms with Gasteiger partial charge in [-0.15, -0.1) is 0 Å². The summed E-state index contributed by atoms with van der Waals surface area (Å²) < 4.78 is 0. The van der Waals surface area contributed by atoms with Gasteiger partial charge in [-0.05, 0) is 13.8 Å². The van der Waals surface area contributed by atoms with Gasteiger partial charge in [0.25, 0.3) is 0 Å². The third kappa shape index (κ3) is 2.23. The Morgan fingerprint density at radius 1 is 1.32 bits per heavy atom. The number of carboxylic acid groups (broad SMARTS) is 1. The van der Waals surface area contributed by atoms with Crippen LogP contribution in [0.2, 0.25) is 0 Å². The normalized spacial score (nSPS) is 18.6. The molecule has 1 aromatic rings. The molecular formula is C12H16N4O3. The van der Waals surface area contributed by atoms with E-state index < -0.39 is 11.5 Å². The van der Waals surface area contributed by atoms with Gasteiger partial charge in [0.15, 0.2) is 5.69 Å². The van der Waals surface area contributed by atoms with Crippen molar-refractivity contribution >= 4 is 17.7 Å². The summed E-state index contributed by atoms with van der Waals surface area (Å²) in [6.45, 7) is 4.87. The van der Waals surface area contributed by atoms with Crippen molar-refractivity contribution < 1.29 is 14.7 Å². The molecule has 2 heterocycles. The van der Waals surface area contributed by atoms with Crippen LogP contribution in [0, 0.1) is 0 Å². The number of piperazine rings is 1. The smallest absolute Gasteiger partial charge is 0.356 e. The van der Waals surface area contributed by atoms with Crippen LogP contribution in [0.15, 0.2) is 12.4 Å². The summed E-state index contributed by atoms with van der Waals surface area (Å²) in [4.78, 5) is 34.3. The molecule has 1 aromatic heterocycles. The quantitative estimate of drug-likeness (QED) is 0.823. The fraction of sp³-hybridized carbons (Fsp3) is 0.500. The molecule has 1 N–H and O–H groups in total. The molecule has 0 unspecified atom stereocenters. The number of carbonyl (C=O) groups excluding carboxylic acids is 1. The number of aromatic nitrogens is 2. The topological polar surface area (TPSA) is 86.6 Å². The Morgan fingerprint density at radius 2 is 2.00 bits per heavy atom. The summed E-state index contributed by atoms with van der Waals surface area (Å²) in [7, 11) is 1.76. The molecule has 7 nitrogen and oxygen atoms in total. The fourth-order valence-corrected chi connectivity index (χ4v) is 2.19. The lowest BCUT2D eigenvalue weighted by atomic mass is 9.98. The molecule has 0 spiro atoms. The summed E-state index contributed by atoms with van der Waals surface area (Å²) in [5.74, 6) is -0.605. The Kier molecular flexibility index (Phi) is 3.13. The molecule has 1 aliphatic rings. The first kappa shape index (κ1) is 13.3. The predicted octanol–water partition coefficient (Wildman–Crippen LogP) is 0.232. The Bertz CT molecular complexity index is 512. The third-order valence-electron chi connectivity index (χ3n) is 3.34. The molecule has 1 amide bonds. The summed E-state index contributed by atoms with van der Waals surface area (Å²) in [5, 5.41) is 8.79. The number of hydrogen-bond acceptors (Lipinski definition) is 5. The zero-order valence-electron chi connectivity index (χ0n) is 11.1. The summed E-state index contributed by atoms with van der Waals surface area (Å²) in [6, 6.07) is 0. The van der Waals surface area contributed by atoms with Gasteiger partial charge >= 0.3 is 5.97 Å². The van der Waals surface area contributed by atoms with Gasteiger partial charge in [-0.2, -0.15) is 0 Å². The van der Waals surface area contributed by atoms with Crippen molar-refractivity contribution in [3.8, 4) is 0 Å². The molecule has 0 radical (unpaired) electrons. The Labute approximate surface area is 110 Å². The molecule has 0 aliphatic carbocycles. The van der Waals surface area contributed by atoms with Crippen LogP contribution in [0.1, 0.15) is 24.3 Å². The number of amides is 1. The molecular weight excluding hydrogens is 248 g/mol. The van der Waals surface area contributed by atoms with E-state index in [1.807, 2.05) is 18.7 Å². The van der Waals surface area contributed by atoms with E-state index in [2.05, 4.69) is 9.97 Å². The third-order valence-corrected chi connectivity index (χ3v) is 3.34. The number of aromatic carboxylic acids is 1. The van der Waals surface area contributed by atoms with E-state index in [4.69, 9.17) is 5.11 Å². The van der Waals surface area contributed by atoms with Crippen molar-refractivity contribution in [3.63, 3.8) is 0 Å². The SMILES string of the molecule is CN1CCN(c2cnc(C(=O)O)cn2)C(C)(C)C1=O. The molecule has 1 fully saturated rings. The molecule has 1 aliphatic heterocycles. The van der Waals surface area contributed by atoms with Crippen LogP contribution >= 0.6 is 0 Å². The molecule has 0 atom stereocenters. The summed E-state index contributed by atoms with van der Waals surface area (Å²) >= 11 is 0. The highest BCUT2D eigenvalue weighted by atomic mass is 16.4. The number of rotatable bonds is 2. The molecule has 102 valence electrons. The Balaban J connectivity index is 2.31. The van der Waals surface area contributed by atoms with E-state index in [0.717, 1.165) is 0 Å². The van der Waals surface area contributed by atoms with Gasteiger partial charge in [0.1, 0.15) is 11.4 Å². The highest BCUT2D eigenvalue weighted by Gasteiger charge is 2.41. The van der Waals surface area contributed by atoms with Gasteiger partial charge in [-0.1, -0.05) is 0 Å². The number of hydrogen-bond donors (Lipinski definition) is 1. The number of anilines is 1. The zero-order valence-corrected chi connectivity index (χ0v) is 11.1. The molecule has 0 bridgehead atoms. The monoisotopic (exact) mass is 264 g/mol. The van der Waals surface area contributed by atoms with Crippen molar-refractivity contribution in [2.45, 2.75) is 19.4 Å². The number of nitrogens with zero attached hydrogens (tertiary/aromatic N) is 4. The van der Waals surface area contributed by atoms with Crippen LogP contribution in [0.3, 0.4) is 0 Å². The minimum atomic E-state index is -1.12. The zero-order chi connectivity index (χ0) is 14.2. The predicted molar refractivity (Wildman–Crippen MR) is 68.1 cm³/mol. The first-order valence-corrected chi connectivity index (χ1v) is 5.92. The van der Waals surface area contributed by atoms with Crippen LogP contribution in [-0.2, 0) is 4.79 Å². The largest absolute Gasteiger partial charge is 0.476 e. The first-order valence-electron chi connectivity index (χ1n) is 5.92. The van der Waals surface area contributed by atoms with Crippen molar-refractivity contribution in [2.24, 2.45) is 0 Å². The van der Waals surface area contributed by atoms with E-state index in [0.29, 0.717) is 18.9 Å². The average molecular weight is 264 g/mol. The standard InChI is InChI=1S/C12H16N4O3/c1-12(2)11(19)15(3)4-5-16(12)9-7-13-8(6-14-9)10(17)18/h6-7H,4-5H2,1-3H3,(H,17,18). The van der Waals surface area contributed by atoms with Gasteiger partial charge in [0, 0.05) is 20.1 Å². The van der Waals surface area contributed by atoms with E-state index >= 15 is 0 Å². The lowest BCUT2D eigenvalue weighted by Crippen LogP contribution is -2.62. The molecule has 0 saturated carbocycles. The van der Waals surface area contributed by atoms with Gasteiger partial charge in [0.05, 0.1) is 12.4 Å². The highest BCUT2D eigenvalue weighted by Crippen LogP contribution is 2.26. The maximum absolute atomic E-state index is 12.1. The number of likely N-dealkylation sites (N-methyl/N-ethyl adjacent to an activating group) is 1. The second kappa shape index (κ2) is 4.49. The van der Waals surface area contributed by atoms with Crippen LogP contribution < -0.4 is 4.90 Å². The van der Waals surface area contributed by atoms with Crippen molar-refractivity contribution in [1.29, 1.82) is 0 Å². The second-order valence-corrected chi connectivity index (χ2v) is 5.00. The van der Waals surface area contributed by atoms with Crippen LogP contribution in [0.5, 0.6) is 0 Å². The van der Waals surface area contributed by atoms with Crippen LogP contribution in [-0.4, -0.2) is 57.5 Å². The van der Waals surface area contributed by atoms with Crippen molar-refractivity contribution in [2.75, 3.05) is 25.0 Å². The maximum Gasteiger partial charge on any atom is 0.356 e. The van der Waals surface area contributed by atoms with Crippen LogP contribution in [0.25, 0.3) is 0 Å². The number of carboxylic acids is 1. The minimum Gasteiger partial charge on any atom is -0.476 e. The fourth-order valence-electron chi connectivity index (χ4n) is 2.19. The first-order chi connectivity index (χ1) is 8.84. The van der Waals surface area contributed by atoms with Crippen LogP contribution in [0.4, 0.5) is 5.82 Å². The molecule has 1 saturated heterocycles. The summed E-state index contributed by atoms with van der Waals surface area (Å²) in [6.07, 6.45) is 2.60. The molecule has 7 heteroatoms. The molecule has 2 rings (SSSR count). The molecule has 19 heavy (non-hydrogen) atoms. The van der Waals surface area contributed by atoms with E-state index in [9.17, 15) is 9.59 Å². The van der Waals surface area contributed by atoms with E-state index in [1.54, 1.807) is 11.9 Å². The van der Waals surface area contributed by atoms with Gasteiger partial charge in [0.2, 0.25) is 5.91 Å². The number of carbonyl (C=O) groups is 2. The maximum atomic E-state index is 12.1. The van der Waals surface area contributed by atoms with Crippen molar-refractivity contribution in [1.82, 2.24) is 14.9 Å². The summed E-state index contributed by atoms with van der Waals surface area (Å²) in [5.41, 5.74) is -0.825. The Morgan fingerprint density at radius 3 is 2.53 bits per heavy atom. The average Bonchev–Trinajstić information content (AvgIpc) is 2.36. The second-order valence-electron chi connectivity index (χ2n) is 5.00. The van der Waals surface area contributed by atoms with Gasteiger partial charge in [-0.3, -0.25) is 4.79 Å². The Hall–Kier alpha value is -2.18. The lowest BCUT2D eigenvalue weighted by molar-refractivity contribution is -0.136. The van der Waals surface area contributed by atoms with Gasteiger partial charge in [-0.25, -0.2) is 14.8 Å². The highest BCUT2D eigenvalue weighted by molar-refractivity contribution is 5.90. The van der Waals surface area contributed by atoms with E-state index in [1.165, 1.54) is 12.4 Å². The van der Waals surface area contributed by atoms with E-state index in [-0.39, 0.29) is 11.6 Å². The van der Waals surface area contributed by atoms with Gasteiger partial charge < -0.3 is 14.9 Å². The lowest BCUT2D eigenvalue weighted by Gasteiger charge is -2.45. The van der Waals surface area contributed by atoms with Crippen molar-refractivity contribution in [3.05, 3.63) is 18.1 Å². The minimum absolute atomic E-state index is 0.00265. The molecule has 0 aromatic carbocycles.